The van der Waals surface area contributed by atoms with E-state index in [1.54, 1.807) is 4.68 Å². The van der Waals surface area contributed by atoms with Gasteiger partial charge in [0.15, 0.2) is 5.65 Å². The van der Waals surface area contributed by atoms with Crippen LogP contribution in [0.5, 0.6) is 0 Å². The first-order chi connectivity index (χ1) is 6.25. The number of nitrogens with zero attached hydrogens (tertiary/aromatic N) is 3. The summed E-state index contributed by atoms with van der Waals surface area (Å²) in [6.45, 7) is 5.97. The maximum Gasteiger partial charge on any atom is 0.181 e. The van der Waals surface area contributed by atoms with Gasteiger partial charge >= 0.3 is 0 Å². The molecule has 13 heavy (non-hydrogen) atoms. The Morgan fingerprint density at radius 1 is 1.23 bits per heavy atom. The minimum absolute atomic E-state index is 0.826. The van der Waals surface area contributed by atoms with E-state index in [2.05, 4.69) is 10.1 Å². The lowest BCUT2D eigenvalue weighted by molar-refractivity contribution is 0.775. The Morgan fingerprint density at radius 3 is 2.62 bits per heavy atom. The van der Waals surface area contributed by atoms with E-state index in [1.165, 1.54) is 0 Å². The van der Waals surface area contributed by atoms with E-state index in [0.717, 1.165) is 16.7 Å². The van der Waals surface area contributed by atoms with Crippen molar-refractivity contribution in [1.82, 2.24) is 14.8 Å². The minimum Gasteiger partial charge on any atom is -0.273 e. The Bertz CT molecular complexity index is 390. The number of rotatable bonds is 0. The van der Waals surface area contributed by atoms with E-state index in [1.807, 2.05) is 46.1 Å². The summed E-state index contributed by atoms with van der Waals surface area (Å²) in [5, 5.41) is 5.28. The predicted molar refractivity (Wildman–Crippen MR) is 54.6 cm³/mol. The van der Waals surface area contributed by atoms with Gasteiger partial charge in [-0.2, -0.15) is 5.10 Å². The Balaban J connectivity index is 0.000000396. The maximum atomic E-state index is 4.26. The van der Waals surface area contributed by atoms with Gasteiger partial charge in [-0.15, -0.1) is 0 Å². The van der Waals surface area contributed by atoms with Crippen molar-refractivity contribution in [3.05, 3.63) is 24.0 Å². The molecule has 0 atom stereocenters. The normalized spacial score (nSPS) is 9.54. The highest BCUT2D eigenvalue weighted by Crippen LogP contribution is 2.08. The molecule has 0 amide bonds. The largest absolute Gasteiger partial charge is 0.273 e. The monoisotopic (exact) mass is 177 g/mol. The quantitative estimate of drug-likeness (QED) is 0.618. The van der Waals surface area contributed by atoms with Crippen LogP contribution >= 0.6 is 0 Å². The molecule has 0 unspecified atom stereocenters. The second-order valence-electron chi connectivity index (χ2n) is 2.67. The Labute approximate surface area is 78.4 Å². The molecule has 0 aliphatic rings. The van der Waals surface area contributed by atoms with Crippen molar-refractivity contribution in [3.8, 4) is 0 Å². The van der Waals surface area contributed by atoms with Crippen LogP contribution in [-0.4, -0.2) is 14.8 Å². The minimum atomic E-state index is 0.826. The second-order valence-corrected chi connectivity index (χ2v) is 2.67. The van der Waals surface area contributed by atoms with Crippen LogP contribution in [0.2, 0.25) is 0 Å². The first-order valence-corrected chi connectivity index (χ1v) is 4.53. The van der Waals surface area contributed by atoms with Gasteiger partial charge < -0.3 is 0 Å². The van der Waals surface area contributed by atoms with Gasteiger partial charge in [0, 0.05) is 24.3 Å². The van der Waals surface area contributed by atoms with E-state index < -0.39 is 0 Å². The average molecular weight is 177 g/mol. The number of aryl methyl sites for hydroxylation is 2. The number of pyridine rings is 1. The van der Waals surface area contributed by atoms with Gasteiger partial charge in [0.05, 0.1) is 0 Å². The standard InChI is InChI=1S/C8H9N3.C2H6/c1-6-3-4-7-5-11(2)10-8(7)9-6;1-2/h3-5H,1-2H3;1-2H3. The van der Waals surface area contributed by atoms with Gasteiger partial charge in [-0.3, -0.25) is 4.68 Å². The number of fused-ring (bicyclic) bond motifs is 1. The lowest BCUT2D eigenvalue weighted by Crippen LogP contribution is -1.86. The molecule has 0 fully saturated rings. The first-order valence-electron chi connectivity index (χ1n) is 4.53. The van der Waals surface area contributed by atoms with Gasteiger partial charge in [-0.1, -0.05) is 13.8 Å². The molecule has 2 heterocycles. The zero-order chi connectivity index (χ0) is 9.84. The average Bonchev–Trinajstić information content (AvgIpc) is 2.48. The molecule has 0 bridgehead atoms. The number of hydrogen-bond donors (Lipinski definition) is 0. The van der Waals surface area contributed by atoms with Crippen molar-refractivity contribution >= 4 is 11.0 Å². The van der Waals surface area contributed by atoms with Crippen molar-refractivity contribution < 1.29 is 0 Å². The molecule has 2 aromatic rings. The Hall–Kier alpha value is -1.38. The molecule has 0 saturated heterocycles. The molecule has 0 aliphatic heterocycles. The number of hydrogen-bond acceptors (Lipinski definition) is 2. The fourth-order valence-corrected chi connectivity index (χ4v) is 1.11. The van der Waals surface area contributed by atoms with E-state index in [9.17, 15) is 0 Å². The zero-order valence-electron chi connectivity index (χ0n) is 8.57. The second kappa shape index (κ2) is 4.03. The molecule has 70 valence electrons. The van der Waals surface area contributed by atoms with Crippen LogP contribution in [0.15, 0.2) is 18.3 Å². The van der Waals surface area contributed by atoms with Crippen molar-refractivity contribution in [1.29, 1.82) is 0 Å². The summed E-state index contributed by atoms with van der Waals surface area (Å²) >= 11 is 0. The summed E-state index contributed by atoms with van der Waals surface area (Å²) < 4.78 is 1.77. The summed E-state index contributed by atoms with van der Waals surface area (Å²) in [4.78, 5) is 4.26. The molecule has 3 nitrogen and oxygen atoms in total. The highest BCUT2D eigenvalue weighted by Gasteiger charge is 1.97. The Kier molecular flexibility index (Phi) is 3.01. The predicted octanol–water partition coefficient (Wildman–Crippen LogP) is 2.30. The molecule has 0 aromatic carbocycles. The summed E-state index contributed by atoms with van der Waals surface area (Å²) in [6, 6.07) is 4.02. The molecule has 3 heteroatoms. The van der Waals surface area contributed by atoms with Crippen LogP contribution in [-0.2, 0) is 7.05 Å². The third kappa shape index (κ3) is 2.05. The lowest BCUT2D eigenvalue weighted by atomic mass is 10.3. The maximum absolute atomic E-state index is 4.26. The van der Waals surface area contributed by atoms with E-state index in [-0.39, 0.29) is 0 Å². The topological polar surface area (TPSA) is 30.7 Å². The smallest absolute Gasteiger partial charge is 0.181 e. The van der Waals surface area contributed by atoms with E-state index in [4.69, 9.17) is 0 Å². The van der Waals surface area contributed by atoms with Crippen LogP contribution in [0.25, 0.3) is 11.0 Å². The summed E-state index contributed by atoms with van der Waals surface area (Å²) in [5.41, 5.74) is 1.84. The van der Waals surface area contributed by atoms with E-state index in [0.29, 0.717) is 0 Å². The molecular formula is C10H15N3. The lowest BCUT2D eigenvalue weighted by Gasteiger charge is -1.87. The Morgan fingerprint density at radius 2 is 1.92 bits per heavy atom. The fraction of sp³-hybridized carbons (Fsp3) is 0.400. The summed E-state index contributed by atoms with van der Waals surface area (Å²) in [7, 11) is 1.90. The first kappa shape index (κ1) is 9.71. The molecule has 0 saturated carbocycles. The molecule has 0 spiro atoms. The van der Waals surface area contributed by atoms with Crippen LogP contribution in [0, 0.1) is 6.92 Å². The third-order valence-electron chi connectivity index (χ3n) is 1.62. The van der Waals surface area contributed by atoms with Crippen molar-refractivity contribution in [2.45, 2.75) is 20.8 Å². The summed E-state index contributed by atoms with van der Waals surface area (Å²) in [6.07, 6.45) is 1.96. The highest BCUT2D eigenvalue weighted by atomic mass is 15.3. The van der Waals surface area contributed by atoms with Gasteiger partial charge in [0.1, 0.15) is 0 Å². The van der Waals surface area contributed by atoms with Crippen LogP contribution < -0.4 is 0 Å². The van der Waals surface area contributed by atoms with Crippen molar-refractivity contribution in [3.63, 3.8) is 0 Å². The van der Waals surface area contributed by atoms with Gasteiger partial charge in [0.25, 0.3) is 0 Å². The van der Waals surface area contributed by atoms with Crippen molar-refractivity contribution in [2.75, 3.05) is 0 Å². The zero-order valence-corrected chi connectivity index (χ0v) is 8.57. The van der Waals surface area contributed by atoms with Crippen LogP contribution in [0.1, 0.15) is 19.5 Å². The van der Waals surface area contributed by atoms with Crippen LogP contribution in [0.4, 0.5) is 0 Å². The third-order valence-corrected chi connectivity index (χ3v) is 1.62. The van der Waals surface area contributed by atoms with E-state index >= 15 is 0 Å². The molecule has 2 rings (SSSR count). The highest BCUT2D eigenvalue weighted by molar-refractivity contribution is 5.73. The van der Waals surface area contributed by atoms with Crippen LogP contribution in [0.3, 0.4) is 0 Å². The molecule has 0 N–H and O–H groups in total. The fourth-order valence-electron chi connectivity index (χ4n) is 1.11. The molecule has 2 aromatic heterocycles. The molecule has 0 radical (unpaired) electrons. The SMILES string of the molecule is CC.Cc1ccc2cn(C)nc2n1. The van der Waals surface area contributed by atoms with Gasteiger partial charge in [0.2, 0.25) is 0 Å². The summed E-state index contributed by atoms with van der Waals surface area (Å²) in [5.74, 6) is 0. The molecular weight excluding hydrogens is 162 g/mol. The van der Waals surface area contributed by atoms with Gasteiger partial charge in [-0.05, 0) is 19.1 Å². The van der Waals surface area contributed by atoms with Gasteiger partial charge in [-0.25, -0.2) is 4.98 Å². The number of aromatic nitrogens is 3. The van der Waals surface area contributed by atoms with Crippen molar-refractivity contribution in [2.24, 2.45) is 7.05 Å². The molecule has 0 aliphatic carbocycles.